The lowest BCUT2D eigenvalue weighted by Gasteiger charge is -2.06. The first-order chi connectivity index (χ1) is 13.5. The van der Waals surface area contributed by atoms with Gasteiger partial charge in [0, 0.05) is 0 Å². The van der Waals surface area contributed by atoms with Crippen molar-refractivity contribution in [2.75, 3.05) is 0 Å². The molecule has 0 aliphatic carbocycles. The molecule has 0 spiro atoms. The first-order valence-electron chi connectivity index (χ1n) is 8.63. The van der Waals surface area contributed by atoms with E-state index in [-0.39, 0.29) is 0 Å². The van der Waals surface area contributed by atoms with Crippen molar-refractivity contribution in [2.24, 2.45) is 0 Å². The number of rotatable bonds is 4. The molecule has 2 aromatic heterocycles. The van der Waals surface area contributed by atoms with Crippen LogP contribution in [0.15, 0.2) is 48.7 Å². The van der Waals surface area contributed by atoms with Gasteiger partial charge in [0.25, 0.3) is 0 Å². The van der Waals surface area contributed by atoms with Crippen LogP contribution < -0.4 is 0 Å². The molecule has 0 amide bonds. The van der Waals surface area contributed by atoms with Crippen molar-refractivity contribution in [1.82, 2.24) is 30.0 Å². The normalized spacial score (nSPS) is 10.8. The van der Waals surface area contributed by atoms with Gasteiger partial charge in [-0.2, -0.15) is 15.2 Å². The summed E-state index contributed by atoms with van der Waals surface area (Å²) in [6.07, 6.45) is 1.64. The first kappa shape index (κ1) is 17.9. The molecule has 28 heavy (non-hydrogen) atoms. The lowest BCUT2D eigenvalue weighted by Crippen LogP contribution is -2.04. The minimum absolute atomic E-state index is 0.411. The van der Waals surface area contributed by atoms with Crippen LogP contribution in [-0.2, 0) is 6.54 Å². The molecule has 0 atom stereocenters. The van der Waals surface area contributed by atoms with E-state index in [1.807, 2.05) is 37.3 Å². The SMILES string of the molecule is Cc1ccc(-n2ncc(-c3nnn(Cc4ccc(C#N)cc4)n3)c2Cl)cc1C. The van der Waals surface area contributed by atoms with Crippen LogP contribution in [0.4, 0.5) is 0 Å². The molecule has 2 aromatic carbocycles. The molecule has 138 valence electrons. The highest BCUT2D eigenvalue weighted by atomic mass is 35.5. The molecular formula is C20H16ClN7. The van der Waals surface area contributed by atoms with Crippen LogP contribution in [0.25, 0.3) is 17.1 Å². The highest BCUT2D eigenvalue weighted by Crippen LogP contribution is 2.27. The number of benzene rings is 2. The van der Waals surface area contributed by atoms with Crippen molar-refractivity contribution in [2.45, 2.75) is 20.4 Å². The van der Waals surface area contributed by atoms with Gasteiger partial charge in [0.15, 0.2) is 0 Å². The van der Waals surface area contributed by atoms with E-state index in [1.165, 1.54) is 10.4 Å². The maximum atomic E-state index is 8.88. The zero-order valence-electron chi connectivity index (χ0n) is 15.3. The summed E-state index contributed by atoms with van der Waals surface area (Å²) in [5.74, 6) is 0.411. The second kappa shape index (κ2) is 7.25. The van der Waals surface area contributed by atoms with Crippen LogP contribution in [0, 0.1) is 25.2 Å². The molecule has 4 rings (SSSR count). The summed E-state index contributed by atoms with van der Waals surface area (Å²) < 4.78 is 1.66. The minimum atomic E-state index is 0.411. The van der Waals surface area contributed by atoms with Crippen molar-refractivity contribution >= 4 is 11.6 Å². The van der Waals surface area contributed by atoms with Crippen molar-refractivity contribution in [3.63, 3.8) is 0 Å². The monoisotopic (exact) mass is 389 g/mol. The van der Waals surface area contributed by atoms with Gasteiger partial charge in [-0.1, -0.05) is 29.8 Å². The van der Waals surface area contributed by atoms with Crippen LogP contribution in [0.2, 0.25) is 5.15 Å². The van der Waals surface area contributed by atoms with Gasteiger partial charge >= 0.3 is 0 Å². The molecule has 2 heterocycles. The van der Waals surface area contributed by atoms with E-state index in [0.717, 1.165) is 16.8 Å². The second-order valence-corrected chi connectivity index (χ2v) is 6.84. The smallest absolute Gasteiger partial charge is 0.209 e. The fourth-order valence-corrected chi connectivity index (χ4v) is 3.06. The summed E-state index contributed by atoms with van der Waals surface area (Å²) >= 11 is 6.54. The molecule has 0 aliphatic rings. The second-order valence-electron chi connectivity index (χ2n) is 6.48. The van der Waals surface area contributed by atoms with Gasteiger partial charge in [-0.3, -0.25) is 0 Å². The molecule has 0 bridgehead atoms. The zero-order chi connectivity index (χ0) is 19.7. The molecule has 8 heteroatoms. The molecule has 4 aromatic rings. The van der Waals surface area contributed by atoms with Crippen molar-refractivity contribution in [3.8, 4) is 23.1 Å². The molecule has 0 unspecified atom stereocenters. The van der Waals surface area contributed by atoms with Crippen LogP contribution in [0.3, 0.4) is 0 Å². The molecule has 0 aliphatic heterocycles. The molecule has 0 saturated heterocycles. The Hall–Kier alpha value is -3.50. The van der Waals surface area contributed by atoms with Crippen LogP contribution >= 0.6 is 11.6 Å². The van der Waals surface area contributed by atoms with E-state index in [1.54, 1.807) is 23.0 Å². The quantitative estimate of drug-likeness (QED) is 0.531. The van der Waals surface area contributed by atoms with E-state index in [9.17, 15) is 0 Å². The van der Waals surface area contributed by atoms with E-state index < -0.39 is 0 Å². The lowest BCUT2D eigenvalue weighted by atomic mass is 10.1. The number of nitriles is 1. The fraction of sp³-hybridized carbons (Fsp3) is 0.150. The number of halogens is 1. The van der Waals surface area contributed by atoms with Crippen molar-refractivity contribution in [1.29, 1.82) is 5.26 Å². The molecule has 0 N–H and O–H groups in total. The van der Waals surface area contributed by atoms with Gasteiger partial charge in [0.1, 0.15) is 5.15 Å². The van der Waals surface area contributed by atoms with Crippen molar-refractivity contribution in [3.05, 3.63) is 76.1 Å². The molecule has 0 saturated carbocycles. The lowest BCUT2D eigenvalue weighted by molar-refractivity contribution is 0.573. The predicted octanol–water partition coefficient (Wildman–Crippen LogP) is 3.72. The van der Waals surface area contributed by atoms with Gasteiger partial charge in [0.2, 0.25) is 5.82 Å². The third kappa shape index (κ3) is 3.38. The Labute approximate surface area is 166 Å². The maximum Gasteiger partial charge on any atom is 0.209 e. The van der Waals surface area contributed by atoms with Crippen LogP contribution in [0.1, 0.15) is 22.3 Å². The topological polar surface area (TPSA) is 85.2 Å². The summed E-state index contributed by atoms with van der Waals surface area (Å²) in [7, 11) is 0. The highest BCUT2D eigenvalue weighted by molar-refractivity contribution is 6.32. The Kier molecular flexibility index (Phi) is 4.63. The number of aryl methyl sites for hydroxylation is 2. The van der Waals surface area contributed by atoms with E-state index in [2.05, 4.69) is 33.5 Å². The number of hydrogen-bond donors (Lipinski definition) is 0. The number of tetrazole rings is 1. The number of hydrogen-bond acceptors (Lipinski definition) is 5. The highest BCUT2D eigenvalue weighted by Gasteiger charge is 2.17. The summed E-state index contributed by atoms with van der Waals surface area (Å²) in [4.78, 5) is 1.49. The summed E-state index contributed by atoms with van der Waals surface area (Å²) in [6, 6.07) is 15.4. The van der Waals surface area contributed by atoms with Gasteiger partial charge in [0.05, 0.1) is 35.6 Å². The van der Waals surface area contributed by atoms with E-state index in [4.69, 9.17) is 16.9 Å². The Morgan fingerprint density at radius 1 is 1.07 bits per heavy atom. The first-order valence-corrected chi connectivity index (χ1v) is 9.01. The summed E-state index contributed by atoms with van der Waals surface area (Å²) in [5.41, 5.74) is 5.45. The Morgan fingerprint density at radius 2 is 1.86 bits per heavy atom. The van der Waals surface area contributed by atoms with Crippen LogP contribution in [-0.4, -0.2) is 30.0 Å². The summed E-state index contributed by atoms with van der Waals surface area (Å²) in [6.45, 7) is 4.56. The standard InChI is InChI=1S/C20H16ClN7/c1-13-3-8-17(9-14(13)2)28-19(21)18(11-23-28)20-24-26-27(25-20)12-16-6-4-15(10-22)5-7-16/h3-9,11H,12H2,1-2H3. The number of aromatic nitrogens is 6. The fourth-order valence-electron chi connectivity index (χ4n) is 2.79. The Balaban J connectivity index is 1.59. The molecule has 7 nitrogen and oxygen atoms in total. The van der Waals surface area contributed by atoms with Gasteiger partial charge in [-0.25, -0.2) is 4.68 Å². The van der Waals surface area contributed by atoms with E-state index in [0.29, 0.717) is 28.6 Å². The Morgan fingerprint density at radius 3 is 2.57 bits per heavy atom. The van der Waals surface area contributed by atoms with Gasteiger partial charge in [-0.05, 0) is 60.0 Å². The molecule has 0 radical (unpaired) electrons. The average molecular weight is 390 g/mol. The predicted molar refractivity (Wildman–Crippen MR) is 105 cm³/mol. The van der Waals surface area contributed by atoms with Gasteiger partial charge in [-0.15, -0.1) is 10.2 Å². The average Bonchev–Trinajstić information content (AvgIpc) is 3.31. The maximum absolute atomic E-state index is 8.88. The number of nitrogens with zero attached hydrogens (tertiary/aromatic N) is 7. The van der Waals surface area contributed by atoms with Crippen molar-refractivity contribution < 1.29 is 0 Å². The van der Waals surface area contributed by atoms with Gasteiger partial charge < -0.3 is 0 Å². The third-order valence-electron chi connectivity index (χ3n) is 4.55. The summed E-state index contributed by atoms with van der Waals surface area (Å²) in [5, 5.41) is 26.3. The minimum Gasteiger partial charge on any atom is -0.221 e. The zero-order valence-corrected chi connectivity index (χ0v) is 16.1. The Bertz CT molecular complexity index is 1180. The third-order valence-corrected chi connectivity index (χ3v) is 4.91. The van der Waals surface area contributed by atoms with Crippen LogP contribution in [0.5, 0.6) is 0 Å². The van der Waals surface area contributed by atoms with E-state index >= 15 is 0 Å². The molecule has 0 fully saturated rings. The largest absolute Gasteiger partial charge is 0.221 e. The molecular weight excluding hydrogens is 374 g/mol.